The van der Waals surface area contributed by atoms with E-state index in [-0.39, 0.29) is 12.0 Å². The Morgan fingerprint density at radius 1 is 1.06 bits per heavy atom. The van der Waals surface area contributed by atoms with Crippen molar-refractivity contribution in [1.29, 1.82) is 0 Å². The van der Waals surface area contributed by atoms with Crippen LogP contribution in [0.1, 0.15) is 36.6 Å². The van der Waals surface area contributed by atoms with Gasteiger partial charge in [0.1, 0.15) is 11.9 Å². The predicted molar refractivity (Wildman–Crippen MR) is 73.1 cm³/mol. The van der Waals surface area contributed by atoms with Gasteiger partial charge in [0.05, 0.1) is 13.2 Å². The van der Waals surface area contributed by atoms with Gasteiger partial charge in [0.15, 0.2) is 0 Å². The van der Waals surface area contributed by atoms with Crippen LogP contribution in [0.3, 0.4) is 0 Å². The Hall–Kier alpha value is -1.06. The second-order valence-corrected chi connectivity index (χ2v) is 5.07. The van der Waals surface area contributed by atoms with Gasteiger partial charge in [-0.05, 0) is 48.6 Å². The van der Waals surface area contributed by atoms with E-state index in [2.05, 4.69) is 0 Å². The minimum absolute atomic E-state index is 0.198. The highest BCUT2D eigenvalue weighted by Crippen LogP contribution is 2.31. The van der Waals surface area contributed by atoms with Crippen LogP contribution in [0.5, 0.6) is 5.75 Å². The van der Waals surface area contributed by atoms with Crippen molar-refractivity contribution >= 4 is 0 Å². The highest BCUT2D eigenvalue weighted by Gasteiger charge is 2.25. The highest BCUT2D eigenvalue weighted by atomic mass is 16.5. The standard InChI is InChI=1S/C15H24O3/c1-9(2)15(18-6)14(16)12-7-11(4)13(17-5)8-10(12)3/h7-9,14-16H,1-6H3. The molecule has 0 saturated heterocycles. The fourth-order valence-electron chi connectivity index (χ4n) is 2.29. The van der Waals surface area contributed by atoms with E-state index in [1.165, 1.54) is 0 Å². The molecule has 1 aromatic carbocycles. The third-order valence-electron chi connectivity index (χ3n) is 3.34. The number of hydrogen-bond donors (Lipinski definition) is 1. The third-order valence-corrected chi connectivity index (χ3v) is 3.34. The first kappa shape index (κ1) is 15.0. The van der Waals surface area contributed by atoms with Crippen LogP contribution in [0, 0.1) is 19.8 Å². The number of aliphatic hydroxyl groups is 1. The maximum Gasteiger partial charge on any atom is 0.122 e. The van der Waals surface area contributed by atoms with E-state index < -0.39 is 6.10 Å². The summed E-state index contributed by atoms with van der Waals surface area (Å²) < 4.78 is 10.7. The molecular formula is C15H24O3. The molecule has 0 fully saturated rings. The van der Waals surface area contributed by atoms with E-state index in [0.717, 1.165) is 22.4 Å². The van der Waals surface area contributed by atoms with Gasteiger partial charge in [0.25, 0.3) is 0 Å². The number of ether oxygens (including phenoxy) is 2. The highest BCUT2D eigenvalue weighted by molar-refractivity contribution is 5.42. The summed E-state index contributed by atoms with van der Waals surface area (Å²) in [5, 5.41) is 10.5. The lowest BCUT2D eigenvalue weighted by Gasteiger charge is -2.27. The van der Waals surface area contributed by atoms with E-state index in [1.807, 2.05) is 39.8 Å². The maximum atomic E-state index is 10.5. The lowest BCUT2D eigenvalue weighted by molar-refractivity contribution is -0.0393. The SMILES string of the molecule is COc1cc(C)c(C(O)C(OC)C(C)C)cc1C. The molecule has 3 heteroatoms. The molecule has 3 nitrogen and oxygen atoms in total. The Morgan fingerprint density at radius 3 is 2.11 bits per heavy atom. The molecule has 0 amide bonds. The summed E-state index contributed by atoms with van der Waals surface area (Å²) in [6, 6.07) is 3.94. The summed E-state index contributed by atoms with van der Waals surface area (Å²) in [7, 11) is 3.30. The summed E-state index contributed by atoms with van der Waals surface area (Å²) >= 11 is 0. The van der Waals surface area contributed by atoms with Gasteiger partial charge in [-0.3, -0.25) is 0 Å². The second kappa shape index (κ2) is 6.21. The fraction of sp³-hybridized carbons (Fsp3) is 0.600. The molecule has 0 aromatic heterocycles. The van der Waals surface area contributed by atoms with Gasteiger partial charge in [-0.2, -0.15) is 0 Å². The van der Waals surface area contributed by atoms with Gasteiger partial charge < -0.3 is 14.6 Å². The van der Waals surface area contributed by atoms with Crippen molar-refractivity contribution in [2.24, 2.45) is 5.92 Å². The monoisotopic (exact) mass is 252 g/mol. The van der Waals surface area contributed by atoms with Gasteiger partial charge in [0, 0.05) is 7.11 Å². The molecular weight excluding hydrogens is 228 g/mol. The topological polar surface area (TPSA) is 38.7 Å². The average Bonchev–Trinajstić information content (AvgIpc) is 2.31. The van der Waals surface area contributed by atoms with E-state index in [1.54, 1.807) is 14.2 Å². The molecule has 102 valence electrons. The number of aryl methyl sites for hydroxylation is 2. The van der Waals surface area contributed by atoms with E-state index in [0.29, 0.717) is 0 Å². The molecule has 0 radical (unpaired) electrons. The smallest absolute Gasteiger partial charge is 0.122 e. The van der Waals surface area contributed by atoms with E-state index in [4.69, 9.17) is 9.47 Å². The number of benzene rings is 1. The zero-order chi connectivity index (χ0) is 13.9. The van der Waals surface area contributed by atoms with E-state index in [9.17, 15) is 5.11 Å². The molecule has 0 aliphatic rings. The second-order valence-electron chi connectivity index (χ2n) is 5.07. The molecule has 0 saturated carbocycles. The van der Waals surface area contributed by atoms with Crippen molar-refractivity contribution in [2.75, 3.05) is 14.2 Å². The van der Waals surface area contributed by atoms with Crippen molar-refractivity contribution < 1.29 is 14.6 Å². The summed E-state index contributed by atoms with van der Waals surface area (Å²) in [5.74, 6) is 1.11. The molecule has 0 aliphatic heterocycles. The summed E-state index contributed by atoms with van der Waals surface area (Å²) in [5.41, 5.74) is 2.96. The van der Waals surface area contributed by atoms with Crippen molar-refractivity contribution in [2.45, 2.75) is 39.9 Å². The van der Waals surface area contributed by atoms with Crippen LogP contribution in [0.4, 0.5) is 0 Å². The Morgan fingerprint density at radius 2 is 1.67 bits per heavy atom. The zero-order valence-corrected chi connectivity index (χ0v) is 12.2. The number of aliphatic hydroxyl groups excluding tert-OH is 1. The van der Waals surface area contributed by atoms with Crippen molar-refractivity contribution in [3.63, 3.8) is 0 Å². The Balaban J connectivity index is 3.13. The van der Waals surface area contributed by atoms with Crippen molar-refractivity contribution in [3.8, 4) is 5.75 Å². The van der Waals surface area contributed by atoms with Crippen molar-refractivity contribution in [1.82, 2.24) is 0 Å². The number of methoxy groups -OCH3 is 2. The predicted octanol–water partition coefficient (Wildman–Crippen LogP) is 3.02. The quantitative estimate of drug-likeness (QED) is 0.875. The first-order valence-electron chi connectivity index (χ1n) is 6.28. The number of hydrogen-bond acceptors (Lipinski definition) is 3. The third kappa shape index (κ3) is 3.03. The Kier molecular flexibility index (Phi) is 5.17. The first-order valence-corrected chi connectivity index (χ1v) is 6.28. The van der Waals surface area contributed by atoms with Crippen LogP contribution < -0.4 is 4.74 Å². The lowest BCUT2D eigenvalue weighted by Crippen LogP contribution is -2.27. The maximum absolute atomic E-state index is 10.5. The van der Waals surface area contributed by atoms with Gasteiger partial charge >= 0.3 is 0 Å². The molecule has 0 bridgehead atoms. The molecule has 0 heterocycles. The van der Waals surface area contributed by atoms with Gasteiger partial charge in [-0.25, -0.2) is 0 Å². The normalized spacial score (nSPS) is 14.7. The molecule has 18 heavy (non-hydrogen) atoms. The molecule has 2 atom stereocenters. The molecule has 0 aliphatic carbocycles. The summed E-state index contributed by atoms with van der Waals surface area (Å²) in [4.78, 5) is 0. The fourth-order valence-corrected chi connectivity index (χ4v) is 2.29. The zero-order valence-electron chi connectivity index (χ0n) is 12.2. The number of rotatable bonds is 5. The molecule has 2 unspecified atom stereocenters. The van der Waals surface area contributed by atoms with Crippen LogP contribution in [0.15, 0.2) is 12.1 Å². The lowest BCUT2D eigenvalue weighted by atomic mass is 9.92. The first-order chi connectivity index (χ1) is 8.42. The van der Waals surface area contributed by atoms with Gasteiger partial charge in [-0.15, -0.1) is 0 Å². The average molecular weight is 252 g/mol. The Bertz CT molecular complexity index is 399. The largest absolute Gasteiger partial charge is 0.496 e. The summed E-state index contributed by atoms with van der Waals surface area (Å²) in [6.45, 7) is 8.05. The minimum atomic E-state index is -0.611. The molecule has 1 rings (SSSR count). The molecule has 0 spiro atoms. The molecule has 1 aromatic rings. The van der Waals surface area contributed by atoms with Crippen molar-refractivity contribution in [3.05, 3.63) is 28.8 Å². The summed E-state index contributed by atoms with van der Waals surface area (Å²) in [6.07, 6.45) is -0.809. The minimum Gasteiger partial charge on any atom is -0.496 e. The van der Waals surface area contributed by atoms with Crippen LogP contribution in [-0.2, 0) is 4.74 Å². The van der Waals surface area contributed by atoms with Gasteiger partial charge in [-0.1, -0.05) is 13.8 Å². The van der Waals surface area contributed by atoms with Gasteiger partial charge in [0.2, 0.25) is 0 Å². The molecule has 1 N–H and O–H groups in total. The Labute approximate surface area is 110 Å². The van der Waals surface area contributed by atoms with E-state index >= 15 is 0 Å². The van der Waals surface area contributed by atoms with Crippen LogP contribution in [0.2, 0.25) is 0 Å². The van der Waals surface area contributed by atoms with Crippen LogP contribution in [-0.4, -0.2) is 25.4 Å². The van der Waals surface area contributed by atoms with Crippen LogP contribution >= 0.6 is 0 Å². The van der Waals surface area contributed by atoms with Crippen LogP contribution in [0.25, 0.3) is 0 Å².